The van der Waals surface area contributed by atoms with E-state index >= 15 is 0 Å². The zero-order valence-corrected chi connectivity index (χ0v) is 12.7. The predicted octanol–water partition coefficient (Wildman–Crippen LogP) is 2.61. The number of aromatic nitrogens is 1. The molecule has 0 amide bonds. The van der Waals surface area contributed by atoms with Crippen molar-refractivity contribution in [1.82, 2.24) is 9.88 Å². The Bertz CT molecular complexity index is 487. The van der Waals surface area contributed by atoms with Crippen LogP contribution in [-0.2, 0) is 5.41 Å². The van der Waals surface area contributed by atoms with E-state index in [2.05, 4.69) is 23.0 Å². The normalized spacial score (nSPS) is 30.1. The Kier molecular flexibility index (Phi) is 3.59. The number of likely N-dealkylation sites (tertiary alicyclic amines) is 1. The fourth-order valence-electron chi connectivity index (χ4n) is 4.17. The zero-order chi connectivity index (χ0) is 14.2. The highest BCUT2D eigenvalue weighted by molar-refractivity contribution is 5.41. The number of hydrogen-bond donors (Lipinski definition) is 0. The Hall–Kier alpha value is -1.29. The number of rotatable bonds is 3. The Balaban J connectivity index is 2.02. The molecule has 4 heteroatoms. The molecular formula is C16H24N2O2. The average Bonchev–Trinajstić information content (AvgIpc) is 2.85. The van der Waals surface area contributed by atoms with Gasteiger partial charge in [0.05, 0.1) is 14.2 Å². The molecule has 4 nitrogen and oxygen atoms in total. The number of likely N-dealkylation sites (N-methyl/N-ethyl adjacent to an activating group) is 1. The summed E-state index contributed by atoms with van der Waals surface area (Å²) in [6.07, 6.45) is 8.45. The van der Waals surface area contributed by atoms with Crippen LogP contribution in [0.1, 0.15) is 37.7 Å². The summed E-state index contributed by atoms with van der Waals surface area (Å²) in [5.41, 5.74) is 1.59. The highest BCUT2D eigenvalue weighted by Gasteiger charge is 2.48. The van der Waals surface area contributed by atoms with Gasteiger partial charge in [-0.1, -0.05) is 12.8 Å². The van der Waals surface area contributed by atoms with Crippen molar-refractivity contribution < 1.29 is 9.47 Å². The van der Waals surface area contributed by atoms with Crippen molar-refractivity contribution >= 4 is 0 Å². The number of methoxy groups -OCH3 is 2. The molecule has 2 aliphatic rings. The van der Waals surface area contributed by atoms with E-state index < -0.39 is 0 Å². The summed E-state index contributed by atoms with van der Waals surface area (Å²) in [4.78, 5) is 6.98. The van der Waals surface area contributed by atoms with E-state index in [9.17, 15) is 0 Å². The first-order valence-electron chi connectivity index (χ1n) is 7.50. The van der Waals surface area contributed by atoms with Crippen LogP contribution < -0.4 is 9.47 Å². The van der Waals surface area contributed by atoms with Gasteiger partial charge in [0, 0.05) is 17.7 Å². The minimum Gasteiger partial charge on any atom is -0.491 e. The summed E-state index contributed by atoms with van der Waals surface area (Å²) in [5.74, 6) is 1.32. The minimum atomic E-state index is 0.263. The van der Waals surface area contributed by atoms with E-state index in [1.165, 1.54) is 44.2 Å². The summed E-state index contributed by atoms with van der Waals surface area (Å²) < 4.78 is 10.7. The summed E-state index contributed by atoms with van der Waals surface area (Å²) in [5, 5.41) is 0. The number of pyridine rings is 1. The molecule has 3 rings (SSSR count). The highest BCUT2D eigenvalue weighted by Crippen LogP contribution is 2.49. The lowest BCUT2D eigenvalue weighted by Crippen LogP contribution is -2.43. The summed E-state index contributed by atoms with van der Waals surface area (Å²) in [6.45, 7) is 1.18. The number of nitrogens with zero attached hydrogens (tertiary/aromatic N) is 2. The van der Waals surface area contributed by atoms with Gasteiger partial charge in [0.2, 0.25) is 0 Å². The topological polar surface area (TPSA) is 34.6 Å². The van der Waals surface area contributed by atoms with Gasteiger partial charge in [0.15, 0.2) is 5.75 Å². The van der Waals surface area contributed by atoms with Crippen LogP contribution in [0.15, 0.2) is 12.3 Å². The standard InChI is InChI=1S/C16H24N2O2/c1-18-9-8-16(7-5-4-6-14(16)18)12-10-13(19-2)15(20-3)17-11-12/h10-11,14H,4-9H2,1-3H3. The van der Waals surface area contributed by atoms with Gasteiger partial charge in [-0.25, -0.2) is 4.98 Å². The lowest BCUT2D eigenvalue weighted by atomic mass is 9.66. The first kappa shape index (κ1) is 13.7. The van der Waals surface area contributed by atoms with E-state index in [4.69, 9.17) is 9.47 Å². The van der Waals surface area contributed by atoms with Gasteiger partial charge in [-0.3, -0.25) is 0 Å². The van der Waals surface area contributed by atoms with E-state index in [1.807, 2.05) is 6.20 Å². The van der Waals surface area contributed by atoms with Crippen LogP contribution in [-0.4, -0.2) is 43.7 Å². The second-order valence-electron chi connectivity index (χ2n) is 6.08. The third kappa shape index (κ3) is 1.97. The Labute approximate surface area is 121 Å². The molecule has 1 saturated carbocycles. The van der Waals surface area contributed by atoms with Gasteiger partial charge < -0.3 is 14.4 Å². The van der Waals surface area contributed by atoms with Gasteiger partial charge >= 0.3 is 0 Å². The minimum absolute atomic E-state index is 0.263. The molecule has 1 aromatic heterocycles. The highest BCUT2D eigenvalue weighted by atomic mass is 16.5. The molecule has 0 radical (unpaired) electrons. The molecule has 1 aliphatic carbocycles. The van der Waals surface area contributed by atoms with Crippen LogP contribution >= 0.6 is 0 Å². The van der Waals surface area contributed by atoms with Crippen molar-refractivity contribution in [2.24, 2.45) is 0 Å². The third-order valence-electron chi connectivity index (χ3n) is 5.24. The molecule has 1 aromatic rings. The lowest BCUT2D eigenvalue weighted by molar-refractivity contribution is 0.181. The lowest BCUT2D eigenvalue weighted by Gasteiger charge is -2.41. The van der Waals surface area contributed by atoms with Crippen LogP contribution in [0.25, 0.3) is 0 Å². The number of ether oxygens (including phenoxy) is 2. The fraction of sp³-hybridized carbons (Fsp3) is 0.688. The summed E-state index contributed by atoms with van der Waals surface area (Å²) in [7, 11) is 5.57. The monoisotopic (exact) mass is 276 g/mol. The SMILES string of the molecule is COc1cc(C23CCCCC2N(C)CC3)cnc1OC. The van der Waals surface area contributed by atoms with Crippen LogP contribution in [0.2, 0.25) is 0 Å². The molecule has 0 spiro atoms. The molecule has 2 unspecified atom stereocenters. The summed E-state index contributed by atoms with van der Waals surface area (Å²) in [6, 6.07) is 2.79. The second kappa shape index (κ2) is 5.24. The van der Waals surface area contributed by atoms with Gasteiger partial charge in [0.1, 0.15) is 0 Å². The summed E-state index contributed by atoms with van der Waals surface area (Å²) >= 11 is 0. The predicted molar refractivity (Wildman–Crippen MR) is 78.5 cm³/mol. The van der Waals surface area contributed by atoms with Crippen LogP contribution in [0.5, 0.6) is 11.6 Å². The maximum absolute atomic E-state index is 5.44. The van der Waals surface area contributed by atoms with Gasteiger partial charge in [-0.05, 0) is 44.5 Å². The molecule has 0 N–H and O–H groups in total. The molecule has 110 valence electrons. The van der Waals surface area contributed by atoms with Crippen molar-refractivity contribution in [3.05, 3.63) is 17.8 Å². The molecule has 0 bridgehead atoms. The molecule has 0 aromatic carbocycles. The van der Waals surface area contributed by atoms with Crippen molar-refractivity contribution in [1.29, 1.82) is 0 Å². The van der Waals surface area contributed by atoms with Crippen molar-refractivity contribution in [3.8, 4) is 11.6 Å². The van der Waals surface area contributed by atoms with E-state index in [-0.39, 0.29) is 5.41 Å². The van der Waals surface area contributed by atoms with Gasteiger partial charge in [-0.15, -0.1) is 0 Å². The Morgan fingerprint density at radius 1 is 1.25 bits per heavy atom. The molecule has 1 aliphatic heterocycles. The zero-order valence-electron chi connectivity index (χ0n) is 12.7. The Morgan fingerprint density at radius 3 is 2.85 bits per heavy atom. The van der Waals surface area contributed by atoms with Crippen LogP contribution in [0, 0.1) is 0 Å². The molecule has 2 heterocycles. The molecular weight excluding hydrogens is 252 g/mol. The Morgan fingerprint density at radius 2 is 2.10 bits per heavy atom. The molecule has 2 fully saturated rings. The van der Waals surface area contributed by atoms with Gasteiger partial charge in [-0.2, -0.15) is 0 Å². The van der Waals surface area contributed by atoms with E-state index in [1.54, 1.807) is 14.2 Å². The van der Waals surface area contributed by atoms with E-state index in [0.717, 1.165) is 5.75 Å². The molecule has 1 saturated heterocycles. The van der Waals surface area contributed by atoms with Crippen LogP contribution in [0.4, 0.5) is 0 Å². The smallest absolute Gasteiger partial charge is 0.256 e. The first-order chi connectivity index (χ1) is 9.71. The molecule has 2 atom stereocenters. The average molecular weight is 276 g/mol. The maximum atomic E-state index is 5.44. The van der Waals surface area contributed by atoms with Crippen LogP contribution in [0.3, 0.4) is 0 Å². The van der Waals surface area contributed by atoms with E-state index in [0.29, 0.717) is 11.9 Å². The van der Waals surface area contributed by atoms with Crippen molar-refractivity contribution in [3.63, 3.8) is 0 Å². The fourth-order valence-corrected chi connectivity index (χ4v) is 4.17. The maximum Gasteiger partial charge on any atom is 0.256 e. The number of fused-ring (bicyclic) bond motifs is 1. The number of hydrogen-bond acceptors (Lipinski definition) is 4. The first-order valence-corrected chi connectivity index (χ1v) is 7.50. The van der Waals surface area contributed by atoms with Gasteiger partial charge in [0.25, 0.3) is 5.88 Å². The van der Waals surface area contributed by atoms with Crippen molar-refractivity contribution in [2.45, 2.75) is 43.6 Å². The quantitative estimate of drug-likeness (QED) is 0.850. The van der Waals surface area contributed by atoms with Crippen molar-refractivity contribution in [2.75, 3.05) is 27.8 Å². The molecule has 20 heavy (non-hydrogen) atoms. The second-order valence-corrected chi connectivity index (χ2v) is 6.08. The largest absolute Gasteiger partial charge is 0.491 e. The third-order valence-corrected chi connectivity index (χ3v) is 5.24.